The molecule has 2 atom stereocenters. The predicted molar refractivity (Wildman–Crippen MR) is 91.7 cm³/mol. The fourth-order valence-corrected chi connectivity index (χ4v) is 3.18. The Labute approximate surface area is 145 Å². The Kier molecular flexibility index (Phi) is 5.31. The van der Waals surface area contributed by atoms with Crippen molar-refractivity contribution in [3.05, 3.63) is 65.5 Å². The van der Waals surface area contributed by atoms with Crippen LogP contribution in [-0.4, -0.2) is 46.3 Å². The zero-order valence-corrected chi connectivity index (χ0v) is 13.7. The highest BCUT2D eigenvalue weighted by Crippen LogP contribution is 2.21. The lowest BCUT2D eigenvalue weighted by molar-refractivity contribution is 0.0935. The summed E-state index contributed by atoms with van der Waals surface area (Å²) in [6.45, 7) is 1.55. The molecule has 0 aromatic heterocycles. The number of aliphatic hydroxyl groups excluding tert-OH is 1. The van der Waals surface area contributed by atoms with Gasteiger partial charge >= 0.3 is 0 Å². The van der Waals surface area contributed by atoms with Gasteiger partial charge in [-0.05, 0) is 24.1 Å². The molecular weight excluding hydrogens is 323 g/mol. The van der Waals surface area contributed by atoms with E-state index in [1.54, 1.807) is 0 Å². The predicted octanol–water partition coefficient (Wildman–Crippen LogP) is 1.90. The van der Waals surface area contributed by atoms with Gasteiger partial charge in [0.05, 0.1) is 11.7 Å². The Morgan fingerprint density at radius 1 is 1.24 bits per heavy atom. The lowest BCUT2D eigenvalue weighted by Crippen LogP contribution is -2.40. The molecule has 0 saturated carbocycles. The number of aliphatic hydroxyl groups is 1. The van der Waals surface area contributed by atoms with Gasteiger partial charge in [0.2, 0.25) is 0 Å². The second-order valence-electron chi connectivity index (χ2n) is 6.33. The number of phenols is 1. The first-order valence-electron chi connectivity index (χ1n) is 8.25. The van der Waals surface area contributed by atoms with Crippen molar-refractivity contribution in [3.8, 4) is 5.75 Å². The summed E-state index contributed by atoms with van der Waals surface area (Å²) < 4.78 is 13.8. The van der Waals surface area contributed by atoms with E-state index in [1.807, 2.05) is 30.3 Å². The molecule has 1 amide bonds. The molecule has 0 aliphatic carbocycles. The summed E-state index contributed by atoms with van der Waals surface area (Å²) in [6.07, 6.45) is 0.126. The van der Waals surface area contributed by atoms with E-state index in [0.717, 1.165) is 11.6 Å². The van der Waals surface area contributed by atoms with E-state index in [1.165, 1.54) is 12.1 Å². The molecule has 1 saturated heterocycles. The van der Waals surface area contributed by atoms with E-state index < -0.39 is 17.8 Å². The van der Waals surface area contributed by atoms with E-state index in [-0.39, 0.29) is 17.4 Å². The third-order valence-corrected chi connectivity index (χ3v) is 4.43. The van der Waals surface area contributed by atoms with E-state index in [2.05, 4.69) is 10.2 Å². The largest absolute Gasteiger partial charge is 0.508 e. The number of hydrogen-bond acceptors (Lipinski definition) is 4. The number of rotatable bonds is 5. The fourth-order valence-electron chi connectivity index (χ4n) is 3.18. The van der Waals surface area contributed by atoms with Crippen LogP contribution in [0.25, 0.3) is 0 Å². The second-order valence-corrected chi connectivity index (χ2v) is 6.33. The van der Waals surface area contributed by atoms with Crippen LogP contribution in [0.4, 0.5) is 4.39 Å². The molecule has 0 radical (unpaired) electrons. The van der Waals surface area contributed by atoms with Gasteiger partial charge in [0.1, 0.15) is 11.6 Å². The monoisotopic (exact) mass is 344 g/mol. The van der Waals surface area contributed by atoms with Crippen molar-refractivity contribution in [2.75, 3.05) is 13.1 Å². The molecule has 0 spiro atoms. The Balaban J connectivity index is 1.61. The number of amides is 1. The topological polar surface area (TPSA) is 72.8 Å². The number of likely N-dealkylation sites (tertiary alicyclic amines) is 1. The first-order chi connectivity index (χ1) is 12.0. The first-order valence-corrected chi connectivity index (χ1v) is 8.25. The fraction of sp³-hybridized carbons (Fsp3) is 0.316. The third-order valence-electron chi connectivity index (χ3n) is 4.43. The van der Waals surface area contributed by atoms with E-state index in [0.29, 0.717) is 26.1 Å². The van der Waals surface area contributed by atoms with Gasteiger partial charge in [-0.15, -0.1) is 0 Å². The molecule has 1 fully saturated rings. The zero-order chi connectivity index (χ0) is 17.8. The normalized spacial score (nSPS) is 20.6. The van der Waals surface area contributed by atoms with Crippen LogP contribution in [0, 0.1) is 5.82 Å². The number of carbonyl (C=O) groups is 1. The van der Waals surface area contributed by atoms with Crippen molar-refractivity contribution in [1.82, 2.24) is 10.2 Å². The summed E-state index contributed by atoms with van der Waals surface area (Å²) in [6, 6.07) is 13.3. The second kappa shape index (κ2) is 7.63. The van der Waals surface area contributed by atoms with Crippen molar-refractivity contribution < 1.29 is 19.4 Å². The number of phenolic OH excluding ortho intramolecular Hbond substituents is 1. The molecule has 132 valence electrons. The number of β-amino-alcohol motifs (C(OH)–C–C–N with tert-alkyl or cyclic N) is 1. The minimum Gasteiger partial charge on any atom is -0.508 e. The molecule has 1 heterocycles. The smallest absolute Gasteiger partial charge is 0.254 e. The van der Waals surface area contributed by atoms with Crippen LogP contribution in [0.3, 0.4) is 0 Å². The number of benzene rings is 2. The number of carbonyl (C=O) groups excluding carboxylic acids is 1. The highest BCUT2D eigenvalue weighted by Gasteiger charge is 2.31. The maximum absolute atomic E-state index is 13.8. The summed E-state index contributed by atoms with van der Waals surface area (Å²) in [5.41, 5.74) is 1.03. The maximum atomic E-state index is 13.8. The molecular formula is C19H21FN2O3. The van der Waals surface area contributed by atoms with Gasteiger partial charge in [0, 0.05) is 31.7 Å². The lowest BCUT2D eigenvalue weighted by Gasteiger charge is -2.24. The zero-order valence-electron chi connectivity index (χ0n) is 13.7. The van der Waals surface area contributed by atoms with Crippen LogP contribution in [0.15, 0.2) is 48.5 Å². The van der Waals surface area contributed by atoms with Crippen LogP contribution < -0.4 is 5.32 Å². The summed E-state index contributed by atoms with van der Waals surface area (Å²) in [4.78, 5) is 14.3. The van der Waals surface area contributed by atoms with Crippen LogP contribution in [0.5, 0.6) is 5.75 Å². The molecule has 1 aliphatic rings. The highest BCUT2D eigenvalue weighted by molar-refractivity contribution is 5.94. The minimum atomic E-state index is -0.759. The molecule has 2 unspecified atom stereocenters. The molecule has 6 heteroatoms. The summed E-state index contributed by atoms with van der Waals surface area (Å²) >= 11 is 0. The van der Waals surface area contributed by atoms with Crippen molar-refractivity contribution in [2.45, 2.75) is 25.1 Å². The van der Waals surface area contributed by atoms with E-state index in [4.69, 9.17) is 0 Å². The highest BCUT2D eigenvalue weighted by atomic mass is 19.1. The number of nitrogens with zero attached hydrogens (tertiary/aromatic N) is 1. The Bertz CT molecular complexity index is 739. The quantitative estimate of drug-likeness (QED) is 0.775. The summed E-state index contributed by atoms with van der Waals surface area (Å²) in [5, 5.41) is 21.9. The minimum absolute atomic E-state index is 0.0145. The van der Waals surface area contributed by atoms with Crippen LogP contribution in [0.2, 0.25) is 0 Å². The number of aromatic hydroxyl groups is 1. The first kappa shape index (κ1) is 17.4. The standard InChI is InChI=1S/C19H21FN2O3/c20-18-9-15(23)6-7-17(18)19(25)21-10-14-8-16(24)12-22(14)11-13-4-2-1-3-5-13/h1-7,9,14,16,23-24H,8,10-12H2,(H,21,25). The van der Waals surface area contributed by atoms with Crippen molar-refractivity contribution in [2.24, 2.45) is 0 Å². The maximum Gasteiger partial charge on any atom is 0.254 e. The molecule has 0 bridgehead atoms. The van der Waals surface area contributed by atoms with Crippen LogP contribution >= 0.6 is 0 Å². The van der Waals surface area contributed by atoms with Gasteiger partial charge in [-0.25, -0.2) is 4.39 Å². The molecule has 2 aromatic carbocycles. The van der Waals surface area contributed by atoms with Gasteiger partial charge in [0.25, 0.3) is 5.91 Å². The molecule has 2 aromatic rings. The molecule has 1 aliphatic heterocycles. The Morgan fingerprint density at radius 2 is 2.00 bits per heavy atom. The van der Waals surface area contributed by atoms with Gasteiger partial charge < -0.3 is 15.5 Å². The van der Waals surface area contributed by atoms with Crippen molar-refractivity contribution >= 4 is 5.91 Å². The van der Waals surface area contributed by atoms with Gasteiger partial charge in [0.15, 0.2) is 0 Å². The van der Waals surface area contributed by atoms with Gasteiger partial charge in [-0.3, -0.25) is 9.69 Å². The van der Waals surface area contributed by atoms with Crippen LogP contribution in [-0.2, 0) is 6.54 Å². The SMILES string of the molecule is O=C(NCC1CC(O)CN1Cc1ccccc1)c1ccc(O)cc1F. The van der Waals surface area contributed by atoms with Crippen LogP contribution in [0.1, 0.15) is 22.3 Å². The molecule has 25 heavy (non-hydrogen) atoms. The van der Waals surface area contributed by atoms with Crippen molar-refractivity contribution in [3.63, 3.8) is 0 Å². The average Bonchev–Trinajstić information content (AvgIpc) is 2.93. The molecule has 5 nitrogen and oxygen atoms in total. The molecule has 3 rings (SSSR count). The Hall–Kier alpha value is -2.44. The number of hydrogen-bond donors (Lipinski definition) is 3. The summed E-state index contributed by atoms with van der Waals surface area (Å²) in [5.74, 6) is -1.51. The number of halogens is 1. The molecule has 3 N–H and O–H groups in total. The van der Waals surface area contributed by atoms with E-state index in [9.17, 15) is 19.4 Å². The van der Waals surface area contributed by atoms with Crippen molar-refractivity contribution in [1.29, 1.82) is 0 Å². The Morgan fingerprint density at radius 3 is 2.72 bits per heavy atom. The van der Waals surface area contributed by atoms with Gasteiger partial charge in [-0.2, -0.15) is 0 Å². The lowest BCUT2D eigenvalue weighted by atomic mass is 10.1. The van der Waals surface area contributed by atoms with Gasteiger partial charge in [-0.1, -0.05) is 30.3 Å². The van der Waals surface area contributed by atoms with E-state index >= 15 is 0 Å². The summed E-state index contributed by atoms with van der Waals surface area (Å²) in [7, 11) is 0. The number of nitrogens with one attached hydrogen (secondary N) is 1. The average molecular weight is 344 g/mol. The third kappa shape index (κ3) is 4.35.